The number of fused-ring (bicyclic) bond motifs is 1. The number of carbonyl (C=O) groups excluding carboxylic acids is 1. The van der Waals surface area contributed by atoms with E-state index in [2.05, 4.69) is 10.6 Å². The van der Waals surface area contributed by atoms with Gasteiger partial charge in [-0.15, -0.1) is 12.4 Å². The Hall–Kier alpha value is -1.33. The Morgan fingerprint density at radius 1 is 1.46 bits per heavy atom. The van der Waals surface area contributed by atoms with Crippen molar-refractivity contribution in [2.24, 2.45) is 11.3 Å². The molecule has 0 spiro atoms. The van der Waals surface area contributed by atoms with Crippen LogP contribution < -0.4 is 15.4 Å². The van der Waals surface area contributed by atoms with Gasteiger partial charge in [-0.2, -0.15) is 0 Å². The predicted octanol–water partition coefficient (Wildman–Crippen LogP) is 2.91. The molecule has 2 N–H and O–H groups in total. The third-order valence-electron chi connectivity index (χ3n) is 5.21. The maximum absolute atomic E-state index is 13.6. The van der Waals surface area contributed by atoms with E-state index in [1.807, 2.05) is 6.92 Å². The number of carbonyl (C=O) groups is 1. The van der Waals surface area contributed by atoms with Crippen molar-refractivity contribution < 1.29 is 13.9 Å². The number of halogens is 2. The quantitative estimate of drug-likeness (QED) is 0.853. The van der Waals surface area contributed by atoms with Crippen molar-refractivity contribution in [3.05, 3.63) is 30.1 Å². The number of para-hydroxylation sites is 1. The second-order valence-electron chi connectivity index (χ2n) is 6.80. The van der Waals surface area contributed by atoms with Crippen molar-refractivity contribution in [1.82, 2.24) is 10.6 Å². The molecule has 3 atom stereocenters. The first kappa shape index (κ1) is 19.0. The molecule has 1 saturated heterocycles. The van der Waals surface area contributed by atoms with Gasteiger partial charge >= 0.3 is 0 Å². The molecule has 24 heavy (non-hydrogen) atoms. The fourth-order valence-corrected chi connectivity index (χ4v) is 3.90. The molecule has 1 aromatic carbocycles. The summed E-state index contributed by atoms with van der Waals surface area (Å²) in [4.78, 5) is 12.7. The van der Waals surface area contributed by atoms with Gasteiger partial charge in [-0.1, -0.05) is 25.0 Å². The lowest BCUT2D eigenvalue weighted by molar-refractivity contribution is -0.134. The maximum atomic E-state index is 13.6. The topological polar surface area (TPSA) is 50.4 Å². The van der Waals surface area contributed by atoms with Gasteiger partial charge in [-0.3, -0.25) is 4.79 Å². The van der Waals surface area contributed by atoms with Crippen LogP contribution >= 0.6 is 12.4 Å². The lowest BCUT2D eigenvalue weighted by Crippen LogP contribution is -2.49. The molecule has 1 aliphatic heterocycles. The second kappa shape index (κ2) is 8.17. The number of hydrogen-bond acceptors (Lipinski definition) is 3. The van der Waals surface area contributed by atoms with E-state index in [0.717, 1.165) is 32.4 Å². The van der Waals surface area contributed by atoms with Crippen molar-refractivity contribution in [3.63, 3.8) is 0 Å². The Bertz CT molecular complexity index is 572. The molecule has 134 valence electrons. The Morgan fingerprint density at radius 3 is 3.04 bits per heavy atom. The van der Waals surface area contributed by atoms with Crippen LogP contribution in [0.15, 0.2) is 24.3 Å². The first-order valence-corrected chi connectivity index (χ1v) is 8.52. The number of amides is 1. The Balaban J connectivity index is 0.00000208. The summed E-state index contributed by atoms with van der Waals surface area (Å²) in [6.07, 6.45) is 4.14. The normalized spacial score (nSPS) is 26.8. The van der Waals surface area contributed by atoms with Crippen molar-refractivity contribution in [2.45, 2.75) is 38.7 Å². The summed E-state index contributed by atoms with van der Waals surface area (Å²) >= 11 is 0. The molecule has 1 amide bonds. The molecule has 1 unspecified atom stereocenters. The minimum absolute atomic E-state index is 0. The molecule has 1 aromatic rings. The summed E-state index contributed by atoms with van der Waals surface area (Å²) in [5.41, 5.74) is -0.254. The summed E-state index contributed by atoms with van der Waals surface area (Å²) in [6.45, 7) is 3.94. The van der Waals surface area contributed by atoms with E-state index in [-0.39, 0.29) is 41.4 Å². The van der Waals surface area contributed by atoms with Crippen LogP contribution in [0.2, 0.25) is 0 Å². The van der Waals surface area contributed by atoms with E-state index >= 15 is 0 Å². The van der Waals surface area contributed by atoms with Gasteiger partial charge in [-0.25, -0.2) is 4.39 Å². The third-order valence-corrected chi connectivity index (χ3v) is 5.21. The van der Waals surface area contributed by atoms with Crippen LogP contribution in [-0.2, 0) is 4.79 Å². The van der Waals surface area contributed by atoms with Crippen LogP contribution in [0.3, 0.4) is 0 Å². The second-order valence-corrected chi connectivity index (χ2v) is 6.80. The number of rotatable bonds is 5. The van der Waals surface area contributed by atoms with Crippen molar-refractivity contribution in [2.75, 3.05) is 19.6 Å². The van der Waals surface area contributed by atoms with E-state index < -0.39 is 0 Å². The summed E-state index contributed by atoms with van der Waals surface area (Å²) in [7, 11) is 0. The van der Waals surface area contributed by atoms with E-state index in [0.29, 0.717) is 12.5 Å². The van der Waals surface area contributed by atoms with Crippen LogP contribution in [0.25, 0.3) is 0 Å². The monoisotopic (exact) mass is 356 g/mol. The number of ether oxygens (including phenoxy) is 1. The van der Waals surface area contributed by atoms with Gasteiger partial charge in [0.05, 0.1) is 12.0 Å². The van der Waals surface area contributed by atoms with Crippen LogP contribution in [0.1, 0.15) is 32.6 Å². The summed E-state index contributed by atoms with van der Waals surface area (Å²) < 4.78 is 19.2. The van der Waals surface area contributed by atoms with Gasteiger partial charge in [0, 0.05) is 6.54 Å². The predicted molar refractivity (Wildman–Crippen MR) is 94.0 cm³/mol. The molecule has 1 aliphatic carbocycles. The fourth-order valence-electron chi connectivity index (χ4n) is 3.90. The molecular weight excluding hydrogens is 331 g/mol. The van der Waals surface area contributed by atoms with Crippen molar-refractivity contribution in [3.8, 4) is 5.75 Å². The molecule has 2 aliphatic rings. The average Bonchev–Trinajstić information content (AvgIpc) is 3.00. The SMILES string of the molecule is CC(CNC(=O)[C@@]12CCCC[C@H]1CNC2)Oc1ccccc1F.Cl. The number of benzene rings is 1. The van der Waals surface area contributed by atoms with Crippen molar-refractivity contribution in [1.29, 1.82) is 0 Å². The molecule has 3 rings (SSSR count). The van der Waals surface area contributed by atoms with Gasteiger partial charge in [0.15, 0.2) is 11.6 Å². The minimum Gasteiger partial charge on any atom is -0.486 e. The van der Waals surface area contributed by atoms with E-state index in [1.165, 1.54) is 12.5 Å². The summed E-state index contributed by atoms with van der Waals surface area (Å²) in [5, 5.41) is 6.41. The summed E-state index contributed by atoms with van der Waals surface area (Å²) in [5.74, 6) is 0.414. The molecular formula is C18H26ClFN2O2. The number of hydrogen-bond donors (Lipinski definition) is 2. The van der Waals surface area contributed by atoms with E-state index in [9.17, 15) is 9.18 Å². The molecule has 1 saturated carbocycles. The Morgan fingerprint density at radius 2 is 2.25 bits per heavy atom. The Kier molecular flexibility index (Phi) is 6.47. The van der Waals surface area contributed by atoms with Gasteiger partial charge < -0.3 is 15.4 Å². The van der Waals surface area contributed by atoms with E-state index in [1.54, 1.807) is 18.2 Å². The summed E-state index contributed by atoms with van der Waals surface area (Å²) in [6, 6.07) is 6.34. The smallest absolute Gasteiger partial charge is 0.227 e. The van der Waals surface area contributed by atoms with Gasteiger partial charge in [0.1, 0.15) is 6.10 Å². The van der Waals surface area contributed by atoms with Crippen LogP contribution in [0, 0.1) is 17.2 Å². The zero-order chi connectivity index (χ0) is 16.3. The van der Waals surface area contributed by atoms with Crippen molar-refractivity contribution >= 4 is 18.3 Å². The largest absolute Gasteiger partial charge is 0.486 e. The molecule has 2 fully saturated rings. The zero-order valence-corrected chi connectivity index (χ0v) is 14.8. The van der Waals surface area contributed by atoms with Gasteiger partial charge in [0.2, 0.25) is 5.91 Å². The molecule has 1 heterocycles. The lowest BCUT2D eigenvalue weighted by Gasteiger charge is -2.37. The molecule has 6 heteroatoms. The maximum Gasteiger partial charge on any atom is 0.227 e. The molecule has 0 bridgehead atoms. The first-order chi connectivity index (χ1) is 11.1. The highest BCUT2D eigenvalue weighted by atomic mass is 35.5. The third kappa shape index (κ3) is 3.83. The Labute approximate surface area is 148 Å². The van der Waals surface area contributed by atoms with Crippen LogP contribution in [0.5, 0.6) is 5.75 Å². The fraction of sp³-hybridized carbons (Fsp3) is 0.611. The molecule has 0 radical (unpaired) electrons. The number of nitrogens with one attached hydrogen (secondary N) is 2. The van der Waals surface area contributed by atoms with Gasteiger partial charge in [0.25, 0.3) is 0 Å². The lowest BCUT2D eigenvalue weighted by atomic mass is 9.67. The molecule has 4 nitrogen and oxygen atoms in total. The average molecular weight is 357 g/mol. The van der Waals surface area contributed by atoms with Crippen LogP contribution in [0.4, 0.5) is 4.39 Å². The highest BCUT2D eigenvalue weighted by molar-refractivity contribution is 5.85. The first-order valence-electron chi connectivity index (χ1n) is 8.52. The highest BCUT2D eigenvalue weighted by Crippen LogP contribution is 2.43. The standard InChI is InChI=1S/C18H25FN2O2.ClH/c1-13(23-16-8-3-2-7-15(16)19)10-21-17(22)18-9-5-4-6-14(18)11-20-12-18;/h2-3,7-8,13-14,20H,4-6,9-12H2,1H3,(H,21,22);1H/t13?,14-,18+;/m0./s1. The van der Waals surface area contributed by atoms with E-state index in [4.69, 9.17) is 4.74 Å². The minimum atomic E-state index is -0.378. The van der Waals surface area contributed by atoms with Gasteiger partial charge in [-0.05, 0) is 44.4 Å². The van der Waals surface area contributed by atoms with Crippen LogP contribution in [-0.4, -0.2) is 31.6 Å². The highest BCUT2D eigenvalue weighted by Gasteiger charge is 2.49. The zero-order valence-electron chi connectivity index (χ0n) is 14.0. The molecule has 0 aromatic heterocycles.